The molecule has 0 aliphatic carbocycles. The van der Waals surface area contributed by atoms with Gasteiger partial charge in [0.05, 0.1) is 18.2 Å². The van der Waals surface area contributed by atoms with Crippen molar-refractivity contribution < 1.29 is 14.3 Å². The molecule has 0 radical (unpaired) electrons. The first-order valence-corrected chi connectivity index (χ1v) is 6.36. The van der Waals surface area contributed by atoms with Crippen LogP contribution in [0.3, 0.4) is 0 Å². The fraction of sp³-hybridized carbons (Fsp3) is 0.417. The molecule has 1 aliphatic rings. The van der Waals surface area contributed by atoms with Gasteiger partial charge in [-0.3, -0.25) is 4.79 Å². The number of benzene rings is 1. The second-order valence-corrected chi connectivity index (χ2v) is 4.70. The lowest BCUT2D eigenvalue weighted by Crippen LogP contribution is -2.42. The van der Waals surface area contributed by atoms with E-state index in [4.69, 9.17) is 32.7 Å². The molecule has 0 atom stereocenters. The summed E-state index contributed by atoms with van der Waals surface area (Å²) in [6.45, 7) is 2.34. The molecule has 4 nitrogen and oxygen atoms in total. The summed E-state index contributed by atoms with van der Waals surface area (Å²) in [6, 6.07) is 4.90. The molecule has 1 fully saturated rings. The fourth-order valence-corrected chi connectivity index (χ4v) is 2.10. The summed E-state index contributed by atoms with van der Waals surface area (Å²) in [6.07, 6.45) is 0. The molecule has 0 aromatic heterocycles. The minimum absolute atomic E-state index is 0.0264. The molecule has 1 amide bonds. The molecule has 1 aromatic carbocycles. The molecule has 6 heteroatoms. The van der Waals surface area contributed by atoms with E-state index in [1.54, 1.807) is 23.1 Å². The van der Waals surface area contributed by atoms with E-state index in [0.29, 0.717) is 42.1 Å². The molecule has 18 heavy (non-hydrogen) atoms. The Bertz CT molecular complexity index is 433. The van der Waals surface area contributed by atoms with Crippen molar-refractivity contribution in [1.29, 1.82) is 0 Å². The van der Waals surface area contributed by atoms with Gasteiger partial charge in [-0.25, -0.2) is 0 Å². The van der Waals surface area contributed by atoms with Gasteiger partial charge in [0.15, 0.2) is 6.61 Å². The highest BCUT2D eigenvalue weighted by atomic mass is 35.5. The lowest BCUT2D eigenvalue weighted by molar-refractivity contribution is -0.137. The molecule has 1 heterocycles. The van der Waals surface area contributed by atoms with Crippen molar-refractivity contribution in [3.63, 3.8) is 0 Å². The first kappa shape index (κ1) is 13.5. The normalized spacial score (nSPS) is 15.6. The first-order chi connectivity index (χ1) is 8.66. The van der Waals surface area contributed by atoms with Crippen molar-refractivity contribution in [2.45, 2.75) is 0 Å². The van der Waals surface area contributed by atoms with E-state index in [9.17, 15) is 4.79 Å². The third-order valence-corrected chi connectivity index (χ3v) is 3.14. The van der Waals surface area contributed by atoms with Crippen LogP contribution in [0.5, 0.6) is 5.75 Å². The Morgan fingerprint density at radius 3 is 2.72 bits per heavy atom. The van der Waals surface area contributed by atoms with E-state index in [1.165, 1.54) is 0 Å². The molecule has 1 aromatic rings. The summed E-state index contributed by atoms with van der Waals surface area (Å²) in [7, 11) is 0. The molecular formula is C12H13Cl2NO3. The van der Waals surface area contributed by atoms with Crippen molar-refractivity contribution in [3.05, 3.63) is 28.2 Å². The van der Waals surface area contributed by atoms with E-state index < -0.39 is 0 Å². The van der Waals surface area contributed by atoms with Gasteiger partial charge in [0, 0.05) is 18.1 Å². The fourth-order valence-electron chi connectivity index (χ4n) is 1.64. The Kier molecular flexibility index (Phi) is 4.69. The second-order valence-electron chi connectivity index (χ2n) is 3.86. The third-order valence-electron chi connectivity index (χ3n) is 2.61. The lowest BCUT2D eigenvalue weighted by atomic mass is 10.3. The minimum atomic E-state index is -0.0654. The molecule has 1 aliphatic heterocycles. The van der Waals surface area contributed by atoms with Crippen molar-refractivity contribution in [3.8, 4) is 5.75 Å². The Morgan fingerprint density at radius 1 is 1.33 bits per heavy atom. The molecular weight excluding hydrogens is 277 g/mol. The van der Waals surface area contributed by atoms with Crippen LogP contribution in [0, 0.1) is 0 Å². The zero-order valence-electron chi connectivity index (χ0n) is 9.70. The van der Waals surface area contributed by atoms with Crippen LogP contribution in [0.25, 0.3) is 0 Å². The molecule has 0 saturated carbocycles. The van der Waals surface area contributed by atoms with Crippen molar-refractivity contribution in [2.24, 2.45) is 0 Å². The number of rotatable bonds is 3. The Morgan fingerprint density at radius 2 is 2.06 bits per heavy atom. The van der Waals surface area contributed by atoms with E-state index in [-0.39, 0.29) is 12.5 Å². The third kappa shape index (κ3) is 3.51. The standard InChI is InChI=1S/C12H13Cl2NO3/c13-9-1-2-11(10(14)7-9)18-8-12(16)15-3-5-17-6-4-15/h1-2,7H,3-6,8H2. The van der Waals surface area contributed by atoms with Gasteiger partial charge in [0.2, 0.25) is 0 Å². The zero-order valence-corrected chi connectivity index (χ0v) is 11.2. The average molecular weight is 290 g/mol. The highest BCUT2D eigenvalue weighted by Gasteiger charge is 2.17. The highest BCUT2D eigenvalue weighted by molar-refractivity contribution is 6.35. The predicted octanol–water partition coefficient (Wildman–Crippen LogP) is 2.23. The quantitative estimate of drug-likeness (QED) is 0.857. The maximum atomic E-state index is 11.8. The SMILES string of the molecule is O=C(COc1ccc(Cl)cc1Cl)N1CCOCC1. The monoisotopic (exact) mass is 289 g/mol. The number of morpholine rings is 1. The average Bonchev–Trinajstić information content (AvgIpc) is 2.38. The number of amides is 1. The number of ether oxygens (including phenoxy) is 2. The number of hydrogen-bond acceptors (Lipinski definition) is 3. The second kappa shape index (κ2) is 6.27. The van der Waals surface area contributed by atoms with Crippen LogP contribution in [0.15, 0.2) is 18.2 Å². The molecule has 0 bridgehead atoms. The van der Waals surface area contributed by atoms with Crippen molar-refractivity contribution in [2.75, 3.05) is 32.9 Å². The predicted molar refractivity (Wildman–Crippen MR) is 69.4 cm³/mol. The van der Waals surface area contributed by atoms with Crippen LogP contribution >= 0.6 is 23.2 Å². The van der Waals surface area contributed by atoms with E-state index >= 15 is 0 Å². The molecule has 1 saturated heterocycles. The van der Waals surface area contributed by atoms with Gasteiger partial charge in [-0.2, -0.15) is 0 Å². The van der Waals surface area contributed by atoms with Gasteiger partial charge in [0.1, 0.15) is 5.75 Å². The Balaban J connectivity index is 1.88. The zero-order chi connectivity index (χ0) is 13.0. The van der Waals surface area contributed by atoms with E-state index in [2.05, 4.69) is 0 Å². The maximum absolute atomic E-state index is 11.8. The van der Waals surface area contributed by atoms with Crippen LogP contribution in [-0.4, -0.2) is 43.7 Å². The molecule has 0 spiro atoms. The van der Waals surface area contributed by atoms with Crippen LogP contribution < -0.4 is 4.74 Å². The molecule has 98 valence electrons. The topological polar surface area (TPSA) is 38.8 Å². The Labute approximate surface area is 115 Å². The number of hydrogen-bond donors (Lipinski definition) is 0. The Hall–Kier alpha value is -0.970. The number of carbonyl (C=O) groups is 1. The van der Waals surface area contributed by atoms with Crippen LogP contribution in [0.1, 0.15) is 0 Å². The van der Waals surface area contributed by atoms with Crippen LogP contribution in [0.4, 0.5) is 0 Å². The van der Waals surface area contributed by atoms with Gasteiger partial charge in [-0.05, 0) is 18.2 Å². The van der Waals surface area contributed by atoms with Crippen LogP contribution in [0.2, 0.25) is 10.0 Å². The van der Waals surface area contributed by atoms with Gasteiger partial charge in [0.25, 0.3) is 5.91 Å². The summed E-state index contributed by atoms with van der Waals surface area (Å²) >= 11 is 11.7. The summed E-state index contributed by atoms with van der Waals surface area (Å²) in [4.78, 5) is 13.5. The van der Waals surface area contributed by atoms with Crippen LogP contribution in [-0.2, 0) is 9.53 Å². The summed E-state index contributed by atoms with van der Waals surface area (Å²) in [5.41, 5.74) is 0. The highest BCUT2D eigenvalue weighted by Crippen LogP contribution is 2.27. The molecule has 0 unspecified atom stereocenters. The van der Waals surface area contributed by atoms with Gasteiger partial charge in [-0.1, -0.05) is 23.2 Å². The van der Waals surface area contributed by atoms with E-state index in [1.807, 2.05) is 0 Å². The van der Waals surface area contributed by atoms with Crippen molar-refractivity contribution in [1.82, 2.24) is 4.90 Å². The van der Waals surface area contributed by atoms with Crippen molar-refractivity contribution >= 4 is 29.1 Å². The van der Waals surface area contributed by atoms with Gasteiger partial charge in [-0.15, -0.1) is 0 Å². The minimum Gasteiger partial charge on any atom is -0.482 e. The number of halogens is 2. The molecule has 2 rings (SSSR count). The number of nitrogens with zero attached hydrogens (tertiary/aromatic N) is 1. The maximum Gasteiger partial charge on any atom is 0.260 e. The van der Waals surface area contributed by atoms with Gasteiger partial charge < -0.3 is 14.4 Å². The van der Waals surface area contributed by atoms with E-state index in [0.717, 1.165) is 0 Å². The summed E-state index contributed by atoms with van der Waals surface area (Å²) in [5.74, 6) is 0.395. The smallest absolute Gasteiger partial charge is 0.260 e. The number of carbonyl (C=O) groups excluding carboxylic acids is 1. The van der Waals surface area contributed by atoms with Gasteiger partial charge >= 0.3 is 0 Å². The summed E-state index contributed by atoms with van der Waals surface area (Å²) in [5, 5.41) is 0.934. The molecule has 0 N–H and O–H groups in total. The lowest BCUT2D eigenvalue weighted by Gasteiger charge is -2.26. The first-order valence-electron chi connectivity index (χ1n) is 5.60. The largest absolute Gasteiger partial charge is 0.482 e. The summed E-state index contributed by atoms with van der Waals surface area (Å²) < 4.78 is 10.6.